The summed E-state index contributed by atoms with van der Waals surface area (Å²) in [4.78, 5) is 0. The summed E-state index contributed by atoms with van der Waals surface area (Å²) in [6.07, 6.45) is 1.85. The second-order valence-electron chi connectivity index (χ2n) is 4.63. The Balaban J connectivity index is 2.11. The van der Waals surface area contributed by atoms with E-state index in [0.717, 1.165) is 12.8 Å². The Morgan fingerprint density at radius 1 is 1.44 bits per heavy atom. The number of amidine groups is 1. The molecule has 18 heavy (non-hydrogen) atoms. The predicted octanol–water partition coefficient (Wildman–Crippen LogP) is 0.535. The Labute approximate surface area is 104 Å². The molecule has 0 radical (unpaired) electrons. The topological polar surface area (TPSA) is 90.9 Å². The largest absolute Gasteiger partial charge is 0.409 e. The molecule has 0 atom stereocenters. The van der Waals surface area contributed by atoms with Crippen molar-refractivity contribution in [1.29, 1.82) is 0 Å². The summed E-state index contributed by atoms with van der Waals surface area (Å²) in [5.41, 5.74) is 6.25. The van der Waals surface area contributed by atoms with Gasteiger partial charge < -0.3 is 21.4 Å². The van der Waals surface area contributed by atoms with E-state index in [4.69, 9.17) is 16.0 Å². The van der Waals surface area contributed by atoms with Gasteiger partial charge in [0, 0.05) is 17.6 Å². The van der Waals surface area contributed by atoms with Crippen LogP contribution in [0.4, 0.5) is 4.39 Å². The molecule has 0 unspecified atom stereocenters. The summed E-state index contributed by atoms with van der Waals surface area (Å²) < 4.78 is 13.4. The molecule has 2 rings (SSSR count). The van der Waals surface area contributed by atoms with E-state index in [-0.39, 0.29) is 18.0 Å². The maximum Gasteiger partial charge on any atom is 0.170 e. The number of rotatable bonds is 5. The smallest absolute Gasteiger partial charge is 0.170 e. The van der Waals surface area contributed by atoms with Gasteiger partial charge in [-0.15, -0.1) is 0 Å². The molecule has 0 heterocycles. The lowest BCUT2D eigenvalue weighted by Crippen LogP contribution is -2.34. The number of hydrogen-bond acceptors (Lipinski definition) is 4. The van der Waals surface area contributed by atoms with Crippen LogP contribution in [0.3, 0.4) is 0 Å². The van der Waals surface area contributed by atoms with Crippen LogP contribution in [0.25, 0.3) is 0 Å². The highest BCUT2D eigenvalue weighted by molar-refractivity contribution is 5.97. The summed E-state index contributed by atoms with van der Waals surface area (Å²) in [5.74, 6) is -0.566. The van der Waals surface area contributed by atoms with Crippen LogP contribution in [0, 0.1) is 5.82 Å². The standard InChI is InChI=1S/C12H16FN3O2/c13-10-4-8(3-9(5-10)11(14)16-18)6-15-12(7-17)1-2-12/h3-5,15,17-18H,1-2,6-7H2,(H2,14,16). The molecule has 0 bridgehead atoms. The first-order chi connectivity index (χ1) is 8.58. The fourth-order valence-corrected chi connectivity index (χ4v) is 1.79. The maximum atomic E-state index is 13.4. The highest BCUT2D eigenvalue weighted by atomic mass is 19.1. The van der Waals surface area contributed by atoms with Crippen molar-refractivity contribution in [2.45, 2.75) is 24.9 Å². The van der Waals surface area contributed by atoms with Crippen LogP contribution in [-0.2, 0) is 6.54 Å². The summed E-state index contributed by atoms with van der Waals surface area (Å²) >= 11 is 0. The van der Waals surface area contributed by atoms with Gasteiger partial charge in [-0.3, -0.25) is 0 Å². The quantitative estimate of drug-likeness (QED) is 0.267. The molecular weight excluding hydrogens is 237 g/mol. The van der Waals surface area contributed by atoms with Gasteiger partial charge in [-0.2, -0.15) is 0 Å². The Hall–Kier alpha value is -1.66. The van der Waals surface area contributed by atoms with Gasteiger partial charge in [0.1, 0.15) is 5.82 Å². The first-order valence-electron chi connectivity index (χ1n) is 5.72. The first kappa shape index (κ1) is 12.8. The van der Waals surface area contributed by atoms with Crippen LogP contribution in [0.5, 0.6) is 0 Å². The number of oxime groups is 1. The van der Waals surface area contributed by atoms with Crippen molar-refractivity contribution in [3.63, 3.8) is 0 Å². The van der Waals surface area contributed by atoms with E-state index in [9.17, 15) is 4.39 Å². The number of halogens is 1. The fraction of sp³-hybridized carbons (Fsp3) is 0.417. The van der Waals surface area contributed by atoms with Crippen molar-refractivity contribution in [2.75, 3.05) is 6.61 Å². The lowest BCUT2D eigenvalue weighted by atomic mass is 10.1. The molecule has 5 N–H and O–H groups in total. The van der Waals surface area contributed by atoms with Crippen LogP contribution < -0.4 is 11.1 Å². The normalized spacial score (nSPS) is 17.8. The molecule has 1 aliphatic rings. The Bertz CT molecular complexity index is 472. The third-order valence-corrected chi connectivity index (χ3v) is 3.18. The van der Waals surface area contributed by atoms with Gasteiger partial charge in [-0.1, -0.05) is 5.16 Å². The minimum atomic E-state index is -0.440. The van der Waals surface area contributed by atoms with E-state index in [1.807, 2.05) is 0 Å². The SMILES string of the molecule is N/C(=N/O)c1cc(F)cc(CNC2(CO)CC2)c1. The Morgan fingerprint density at radius 3 is 2.72 bits per heavy atom. The molecule has 5 nitrogen and oxygen atoms in total. The molecule has 1 fully saturated rings. The summed E-state index contributed by atoms with van der Waals surface area (Å²) in [6, 6.07) is 4.24. The van der Waals surface area contributed by atoms with Gasteiger partial charge >= 0.3 is 0 Å². The van der Waals surface area contributed by atoms with E-state index in [2.05, 4.69) is 10.5 Å². The van der Waals surface area contributed by atoms with Gasteiger partial charge in [0.15, 0.2) is 5.84 Å². The highest BCUT2D eigenvalue weighted by Crippen LogP contribution is 2.34. The molecule has 1 aromatic rings. The van der Waals surface area contributed by atoms with Crippen LogP contribution in [0.2, 0.25) is 0 Å². The zero-order valence-electron chi connectivity index (χ0n) is 9.86. The second kappa shape index (κ2) is 4.91. The van der Waals surface area contributed by atoms with Crippen LogP contribution in [0.15, 0.2) is 23.4 Å². The summed E-state index contributed by atoms with van der Waals surface area (Å²) in [7, 11) is 0. The average molecular weight is 253 g/mol. The second-order valence-corrected chi connectivity index (χ2v) is 4.63. The number of nitrogens with one attached hydrogen (secondary N) is 1. The maximum absolute atomic E-state index is 13.4. The number of benzene rings is 1. The molecule has 1 saturated carbocycles. The first-order valence-corrected chi connectivity index (χ1v) is 5.72. The zero-order valence-corrected chi connectivity index (χ0v) is 9.86. The minimum Gasteiger partial charge on any atom is -0.409 e. The molecule has 1 aliphatic carbocycles. The van der Waals surface area contributed by atoms with Gasteiger partial charge in [0.25, 0.3) is 0 Å². The molecule has 1 aromatic carbocycles. The molecule has 0 amide bonds. The predicted molar refractivity (Wildman–Crippen MR) is 64.8 cm³/mol. The summed E-state index contributed by atoms with van der Waals surface area (Å²) in [5, 5.41) is 23.8. The Morgan fingerprint density at radius 2 is 2.17 bits per heavy atom. The Kier molecular flexibility index (Phi) is 3.49. The number of aliphatic hydroxyl groups is 1. The van der Waals surface area contributed by atoms with Crippen molar-refractivity contribution in [2.24, 2.45) is 10.9 Å². The molecule has 98 valence electrons. The monoisotopic (exact) mass is 253 g/mol. The van der Waals surface area contributed by atoms with E-state index in [1.54, 1.807) is 6.07 Å². The lowest BCUT2D eigenvalue weighted by Gasteiger charge is -2.14. The van der Waals surface area contributed by atoms with Crippen molar-refractivity contribution in [3.05, 3.63) is 35.1 Å². The molecular formula is C12H16FN3O2. The molecule has 0 spiro atoms. The third-order valence-electron chi connectivity index (χ3n) is 3.18. The number of nitrogens with two attached hydrogens (primary N) is 1. The molecule has 0 aromatic heterocycles. The van der Waals surface area contributed by atoms with Crippen LogP contribution >= 0.6 is 0 Å². The van der Waals surface area contributed by atoms with Crippen molar-refractivity contribution in [3.8, 4) is 0 Å². The minimum absolute atomic E-state index is 0.0788. The molecule has 0 aliphatic heterocycles. The van der Waals surface area contributed by atoms with Gasteiger partial charge in [-0.25, -0.2) is 4.39 Å². The third kappa shape index (κ3) is 2.77. The zero-order chi connectivity index (χ0) is 13.2. The van der Waals surface area contributed by atoms with Gasteiger partial charge in [0.2, 0.25) is 0 Å². The average Bonchev–Trinajstić information content (AvgIpc) is 3.15. The highest BCUT2D eigenvalue weighted by Gasteiger charge is 2.41. The molecule has 0 saturated heterocycles. The van der Waals surface area contributed by atoms with Crippen molar-refractivity contribution in [1.82, 2.24) is 5.32 Å². The summed E-state index contributed by atoms with van der Waals surface area (Å²) in [6.45, 7) is 0.513. The number of hydrogen-bond donors (Lipinski definition) is 4. The lowest BCUT2D eigenvalue weighted by molar-refractivity contribution is 0.229. The van der Waals surface area contributed by atoms with E-state index >= 15 is 0 Å². The molecule has 6 heteroatoms. The van der Waals surface area contributed by atoms with Gasteiger partial charge in [0.05, 0.1) is 6.61 Å². The van der Waals surface area contributed by atoms with Gasteiger partial charge in [-0.05, 0) is 36.6 Å². The van der Waals surface area contributed by atoms with E-state index in [1.165, 1.54) is 12.1 Å². The van der Waals surface area contributed by atoms with Crippen molar-refractivity contribution < 1.29 is 14.7 Å². The number of aliphatic hydroxyl groups excluding tert-OH is 1. The van der Waals surface area contributed by atoms with E-state index in [0.29, 0.717) is 17.7 Å². The van der Waals surface area contributed by atoms with Crippen LogP contribution in [-0.4, -0.2) is 28.3 Å². The van der Waals surface area contributed by atoms with Crippen LogP contribution in [0.1, 0.15) is 24.0 Å². The van der Waals surface area contributed by atoms with Crippen molar-refractivity contribution >= 4 is 5.84 Å². The number of nitrogens with zero attached hydrogens (tertiary/aromatic N) is 1. The fourth-order valence-electron chi connectivity index (χ4n) is 1.79. The van der Waals surface area contributed by atoms with E-state index < -0.39 is 5.82 Å².